The third-order valence-corrected chi connectivity index (χ3v) is 4.99. The van der Waals surface area contributed by atoms with Crippen LogP contribution in [0.2, 0.25) is 0 Å². The number of fused-ring (bicyclic) bond motifs is 2. The summed E-state index contributed by atoms with van der Waals surface area (Å²) in [6.07, 6.45) is 7.33. The normalized spacial score (nSPS) is 26.0. The zero-order valence-electron chi connectivity index (χ0n) is 12.0. The molecule has 112 valence electrons. The first-order chi connectivity index (χ1) is 10.4. The van der Waals surface area contributed by atoms with E-state index in [0.717, 1.165) is 30.3 Å². The van der Waals surface area contributed by atoms with E-state index in [1.165, 1.54) is 25.7 Å². The van der Waals surface area contributed by atoms with Crippen LogP contribution in [0.3, 0.4) is 0 Å². The Hall–Kier alpha value is -1.26. The second-order valence-corrected chi connectivity index (χ2v) is 6.17. The first-order valence-electron chi connectivity index (χ1n) is 7.78. The van der Waals surface area contributed by atoms with E-state index >= 15 is 0 Å². The highest BCUT2D eigenvalue weighted by Crippen LogP contribution is 2.34. The van der Waals surface area contributed by atoms with Crippen molar-refractivity contribution in [2.45, 2.75) is 43.7 Å². The Balaban J connectivity index is 1.77. The molecule has 0 radical (unpaired) electrons. The van der Waals surface area contributed by atoms with Crippen LogP contribution in [-0.2, 0) is 10.6 Å². The summed E-state index contributed by atoms with van der Waals surface area (Å²) in [6.45, 7) is 1.70. The van der Waals surface area contributed by atoms with Crippen molar-refractivity contribution in [2.24, 2.45) is 0 Å². The Morgan fingerprint density at radius 1 is 1.29 bits per heavy atom. The van der Waals surface area contributed by atoms with Gasteiger partial charge in [0, 0.05) is 12.7 Å². The van der Waals surface area contributed by atoms with Crippen molar-refractivity contribution in [2.75, 3.05) is 18.1 Å². The molecule has 2 fully saturated rings. The topological polar surface area (TPSA) is 29.8 Å². The molecule has 1 aliphatic carbocycles. The number of hydrogen-bond donors (Lipinski definition) is 0. The fraction of sp³-hybridized carbons (Fsp3) is 0.562. The van der Waals surface area contributed by atoms with E-state index in [9.17, 15) is 0 Å². The van der Waals surface area contributed by atoms with Crippen LogP contribution in [0.15, 0.2) is 24.4 Å². The minimum absolute atomic E-state index is 0.362. The molecule has 1 saturated carbocycles. The Labute approximate surface area is 129 Å². The van der Waals surface area contributed by atoms with Crippen LogP contribution in [0.5, 0.6) is 0 Å². The molecular formula is C16H20ClN3O. The van der Waals surface area contributed by atoms with E-state index in [-0.39, 0.29) is 0 Å². The summed E-state index contributed by atoms with van der Waals surface area (Å²) in [5.41, 5.74) is 2.07. The van der Waals surface area contributed by atoms with Crippen LogP contribution in [0.1, 0.15) is 31.4 Å². The Bertz CT molecular complexity index is 639. The van der Waals surface area contributed by atoms with Crippen LogP contribution < -0.4 is 4.90 Å². The van der Waals surface area contributed by atoms with Crippen LogP contribution in [0.25, 0.3) is 5.65 Å². The van der Waals surface area contributed by atoms with Gasteiger partial charge in [-0.25, -0.2) is 4.98 Å². The summed E-state index contributed by atoms with van der Waals surface area (Å²) < 4.78 is 8.08. The number of hydrogen-bond acceptors (Lipinski definition) is 3. The number of aromatic nitrogens is 2. The number of pyridine rings is 1. The predicted molar refractivity (Wildman–Crippen MR) is 84.1 cm³/mol. The van der Waals surface area contributed by atoms with Gasteiger partial charge in [-0.05, 0) is 25.0 Å². The van der Waals surface area contributed by atoms with Crippen LogP contribution in [0, 0.1) is 0 Å². The quantitative estimate of drug-likeness (QED) is 0.798. The lowest BCUT2D eigenvalue weighted by Crippen LogP contribution is -2.53. The predicted octanol–water partition coefficient (Wildman–Crippen LogP) is 3.22. The zero-order valence-corrected chi connectivity index (χ0v) is 12.8. The van der Waals surface area contributed by atoms with E-state index in [2.05, 4.69) is 9.30 Å². The van der Waals surface area contributed by atoms with Gasteiger partial charge in [0.2, 0.25) is 0 Å². The maximum absolute atomic E-state index is 6.23. The SMILES string of the molecule is ClCc1c(N2CCOC3CCCCC32)nc2ccccn12. The number of alkyl halides is 1. The van der Waals surface area contributed by atoms with Gasteiger partial charge in [-0.15, -0.1) is 11.6 Å². The van der Waals surface area contributed by atoms with Gasteiger partial charge < -0.3 is 14.0 Å². The molecule has 2 aromatic rings. The molecule has 2 unspecified atom stereocenters. The lowest BCUT2D eigenvalue weighted by molar-refractivity contribution is -0.00900. The van der Waals surface area contributed by atoms with Crippen LogP contribution in [-0.4, -0.2) is 34.7 Å². The molecule has 4 nitrogen and oxygen atoms in total. The molecule has 0 spiro atoms. The molecule has 21 heavy (non-hydrogen) atoms. The molecule has 1 aliphatic heterocycles. The molecule has 1 saturated heterocycles. The third kappa shape index (κ3) is 2.21. The number of anilines is 1. The van der Waals surface area contributed by atoms with E-state index < -0.39 is 0 Å². The minimum atomic E-state index is 0.362. The van der Waals surface area contributed by atoms with Crippen molar-refractivity contribution in [3.05, 3.63) is 30.1 Å². The number of ether oxygens (including phenoxy) is 1. The molecule has 0 amide bonds. The number of halogens is 1. The smallest absolute Gasteiger partial charge is 0.152 e. The lowest BCUT2D eigenvalue weighted by Gasteiger charge is -2.44. The molecule has 3 heterocycles. The summed E-state index contributed by atoms with van der Waals surface area (Å²) in [5, 5.41) is 0. The first-order valence-corrected chi connectivity index (χ1v) is 8.32. The summed E-state index contributed by atoms with van der Waals surface area (Å²) in [6, 6.07) is 6.54. The fourth-order valence-electron chi connectivity index (χ4n) is 3.75. The van der Waals surface area contributed by atoms with E-state index in [1.807, 2.05) is 24.4 Å². The molecule has 2 atom stereocenters. The van der Waals surface area contributed by atoms with Gasteiger partial charge in [-0.3, -0.25) is 0 Å². The maximum Gasteiger partial charge on any atom is 0.152 e. The highest BCUT2D eigenvalue weighted by Gasteiger charge is 2.36. The molecule has 5 heteroatoms. The van der Waals surface area contributed by atoms with Gasteiger partial charge in [-0.2, -0.15) is 0 Å². The van der Waals surface area contributed by atoms with E-state index in [4.69, 9.17) is 21.3 Å². The summed E-state index contributed by atoms with van der Waals surface area (Å²) in [7, 11) is 0. The Morgan fingerprint density at radius 2 is 2.19 bits per heavy atom. The average molecular weight is 306 g/mol. The second kappa shape index (κ2) is 5.50. The van der Waals surface area contributed by atoms with Crippen molar-refractivity contribution >= 4 is 23.1 Å². The van der Waals surface area contributed by atoms with Crippen molar-refractivity contribution in [1.29, 1.82) is 0 Å². The molecule has 0 bridgehead atoms. The number of morpholine rings is 1. The standard InChI is InChI=1S/C16H20ClN3O/c17-11-13-16(18-15-7-3-4-8-19(13)15)20-9-10-21-14-6-2-1-5-12(14)20/h3-4,7-8,12,14H,1-2,5-6,9-11H2. The maximum atomic E-state index is 6.23. The van der Waals surface area contributed by atoms with Gasteiger partial charge >= 0.3 is 0 Å². The molecule has 2 aliphatic rings. The average Bonchev–Trinajstić information content (AvgIpc) is 2.92. The number of imidazole rings is 1. The first kappa shape index (κ1) is 13.4. The van der Waals surface area contributed by atoms with Gasteiger partial charge in [0.25, 0.3) is 0 Å². The largest absolute Gasteiger partial charge is 0.374 e. The van der Waals surface area contributed by atoms with Gasteiger partial charge in [0.05, 0.1) is 30.3 Å². The Kier molecular flexibility index (Phi) is 3.51. The number of nitrogens with zero attached hydrogens (tertiary/aromatic N) is 3. The van der Waals surface area contributed by atoms with E-state index in [0.29, 0.717) is 18.0 Å². The highest BCUT2D eigenvalue weighted by molar-refractivity contribution is 6.17. The summed E-state index contributed by atoms with van der Waals surface area (Å²) in [5.74, 6) is 1.53. The molecular weight excluding hydrogens is 286 g/mol. The van der Waals surface area contributed by atoms with Crippen molar-refractivity contribution in [3.63, 3.8) is 0 Å². The minimum Gasteiger partial charge on any atom is -0.374 e. The Morgan fingerprint density at radius 3 is 3.10 bits per heavy atom. The molecule has 0 N–H and O–H groups in total. The van der Waals surface area contributed by atoms with Gasteiger partial charge in [0.1, 0.15) is 5.65 Å². The molecule has 4 rings (SSSR count). The summed E-state index contributed by atoms with van der Waals surface area (Å²) in [4.78, 5) is 7.29. The van der Waals surface area contributed by atoms with Crippen molar-refractivity contribution in [1.82, 2.24) is 9.38 Å². The highest BCUT2D eigenvalue weighted by atomic mass is 35.5. The second-order valence-electron chi connectivity index (χ2n) is 5.90. The fourth-order valence-corrected chi connectivity index (χ4v) is 4.00. The lowest BCUT2D eigenvalue weighted by atomic mass is 9.90. The van der Waals surface area contributed by atoms with Crippen LogP contribution in [0.4, 0.5) is 5.82 Å². The van der Waals surface area contributed by atoms with Gasteiger partial charge in [0.15, 0.2) is 5.82 Å². The zero-order chi connectivity index (χ0) is 14.2. The molecule has 2 aromatic heterocycles. The third-order valence-electron chi connectivity index (χ3n) is 4.74. The van der Waals surface area contributed by atoms with Crippen molar-refractivity contribution in [3.8, 4) is 0 Å². The van der Waals surface area contributed by atoms with Crippen molar-refractivity contribution < 1.29 is 4.74 Å². The number of rotatable bonds is 2. The van der Waals surface area contributed by atoms with E-state index in [1.54, 1.807) is 0 Å². The van der Waals surface area contributed by atoms with Crippen LogP contribution >= 0.6 is 11.6 Å². The van der Waals surface area contributed by atoms with Gasteiger partial charge in [-0.1, -0.05) is 18.9 Å². The molecule has 0 aromatic carbocycles. The summed E-state index contributed by atoms with van der Waals surface area (Å²) >= 11 is 6.23. The monoisotopic (exact) mass is 305 g/mol.